The Morgan fingerprint density at radius 3 is 1.86 bits per heavy atom. The second kappa shape index (κ2) is 37.6. The smallest absolute Gasteiger partial charge is 0.336 e. The molecule has 70 heavy (non-hydrogen) atoms. The molecule has 2 aromatic heterocycles. The number of furan rings is 1. The van der Waals surface area contributed by atoms with Gasteiger partial charge in [-0.2, -0.15) is 0 Å². The fourth-order valence-corrected chi connectivity index (χ4v) is 6.69. The van der Waals surface area contributed by atoms with Crippen molar-refractivity contribution in [3.05, 3.63) is 40.9 Å². The van der Waals surface area contributed by atoms with Gasteiger partial charge in [0.15, 0.2) is 11.2 Å². The van der Waals surface area contributed by atoms with Crippen LogP contribution >= 0.6 is 0 Å². The largest absolute Gasteiger partial charge is 0.486 e. The molecule has 0 aliphatic carbocycles. The van der Waals surface area contributed by atoms with Crippen molar-refractivity contribution in [1.29, 1.82) is 0 Å². The lowest BCUT2D eigenvalue weighted by Crippen LogP contribution is -2.48. The van der Waals surface area contributed by atoms with Gasteiger partial charge in [-0.1, -0.05) is 26.7 Å². The van der Waals surface area contributed by atoms with Crippen LogP contribution in [-0.4, -0.2) is 173 Å². The molecule has 0 radical (unpaired) electrons. The van der Waals surface area contributed by atoms with Gasteiger partial charge in [0.25, 0.3) is 0 Å². The number of hydrogen-bond acceptors (Lipinski definition) is 16. The molecule has 1 atom stereocenters. The van der Waals surface area contributed by atoms with Crippen molar-refractivity contribution in [2.45, 2.75) is 84.1 Å². The molecule has 0 bridgehead atoms. The molecule has 0 spiro atoms. The molecule has 1 aromatic carbocycles. The lowest BCUT2D eigenvalue weighted by Gasteiger charge is -2.19. The number of amides is 5. The standard InChI is InChI=1S/C49H78N6O15/c1-4-6-7-13-41(56)50-18-9-8-12-40(49(61)53-21-26-63-31-33-66-36-43(58)51-19-11-22-55(3)5-2)54-44(59)37-67-34-32-65-30-29-64-28-27-62-25-20-52-42(57)14-10-23-68-48-46-39(17-24-69-46)35-38-15-16-45(60)70-47(38)48/h15-17,24,35,40H,4-14,18-23,25-34,36-37H2,1-3H3,(H,50,56)(H,51,58)(H,52,57)(H,53,61)(H,54,59)/t40-/m0/s1. The van der Waals surface area contributed by atoms with Crippen LogP contribution in [0.2, 0.25) is 0 Å². The molecule has 394 valence electrons. The molecule has 0 saturated carbocycles. The molecule has 0 unspecified atom stereocenters. The number of carbonyl (C=O) groups excluding carboxylic acids is 5. The number of carbonyl (C=O) groups is 5. The first-order valence-electron chi connectivity index (χ1n) is 24.7. The zero-order chi connectivity index (χ0) is 50.4. The van der Waals surface area contributed by atoms with Crippen LogP contribution in [0.5, 0.6) is 5.75 Å². The number of hydrogen-bond donors (Lipinski definition) is 5. The third-order valence-electron chi connectivity index (χ3n) is 10.6. The molecule has 0 fully saturated rings. The van der Waals surface area contributed by atoms with Crippen molar-refractivity contribution in [1.82, 2.24) is 31.5 Å². The highest BCUT2D eigenvalue weighted by Gasteiger charge is 2.21. The van der Waals surface area contributed by atoms with E-state index >= 15 is 0 Å². The van der Waals surface area contributed by atoms with Crippen LogP contribution in [0, 0.1) is 0 Å². The third kappa shape index (κ3) is 26.7. The van der Waals surface area contributed by atoms with Crippen molar-refractivity contribution >= 4 is 51.5 Å². The van der Waals surface area contributed by atoms with Crippen molar-refractivity contribution in [2.75, 3.05) is 132 Å². The van der Waals surface area contributed by atoms with Crippen molar-refractivity contribution in [2.24, 2.45) is 0 Å². The molecular formula is C49H78N6O15. The van der Waals surface area contributed by atoms with Gasteiger partial charge in [-0.05, 0) is 76.9 Å². The van der Waals surface area contributed by atoms with Crippen LogP contribution < -0.4 is 36.9 Å². The summed E-state index contributed by atoms with van der Waals surface area (Å²) in [4.78, 5) is 76.1. The van der Waals surface area contributed by atoms with Crippen LogP contribution in [-0.2, 0) is 52.4 Å². The van der Waals surface area contributed by atoms with E-state index in [0.717, 1.165) is 44.2 Å². The SMILES string of the molecule is CCCCCC(=O)NCCCC[C@H](NC(=O)COCCOCCOCCOCCNC(=O)CCCOc1c2occc2cc2ccc(=O)oc12)C(=O)NCCOCCOCC(=O)NCCCN(C)CC. The van der Waals surface area contributed by atoms with E-state index in [1.165, 1.54) is 12.3 Å². The van der Waals surface area contributed by atoms with Crippen molar-refractivity contribution in [3.8, 4) is 5.75 Å². The van der Waals surface area contributed by atoms with Crippen molar-refractivity contribution < 1.29 is 66.0 Å². The summed E-state index contributed by atoms with van der Waals surface area (Å²) in [5, 5.41) is 15.6. The molecule has 0 aliphatic heterocycles. The van der Waals surface area contributed by atoms with Gasteiger partial charge >= 0.3 is 5.63 Å². The van der Waals surface area contributed by atoms with E-state index in [-0.39, 0.29) is 89.4 Å². The molecule has 0 saturated heterocycles. The molecule has 21 heteroatoms. The Labute approximate surface area is 411 Å². The quantitative estimate of drug-likeness (QED) is 0.0404. The Bertz CT molecular complexity index is 2000. The predicted molar refractivity (Wildman–Crippen MR) is 262 cm³/mol. The molecule has 21 nitrogen and oxygen atoms in total. The van der Waals surface area contributed by atoms with Crippen LogP contribution in [0.25, 0.3) is 21.9 Å². The lowest BCUT2D eigenvalue weighted by atomic mass is 10.1. The first-order valence-corrected chi connectivity index (χ1v) is 24.7. The molecule has 2 heterocycles. The fraction of sp³-hybridized carbons (Fsp3) is 0.673. The average molecular weight is 991 g/mol. The number of ether oxygens (including phenoxy) is 7. The maximum absolute atomic E-state index is 13.1. The minimum Gasteiger partial charge on any atom is -0.486 e. The summed E-state index contributed by atoms with van der Waals surface area (Å²) < 4.78 is 49.7. The molecule has 0 aliphatic rings. The van der Waals surface area contributed by atoms with E-state index in [1.807, 2.05) is 13.1 Å². The third-order valence-corrected chi connectivity index (χ3v) is 10.6. The summed E-state index contributed by atoms with van der Waals surface area (Å²) in [6.45, 7) is 10.3. The van der Waals surface area contributed by atoms with Gasteiger partial charge in [-0.15, -0.1) is 0 Å². The van der Waals surface area contributed by atoms with Gasteiger partial charge in [0.2, 0.25) is 35.3 Å². The molecule has 3 rings (SSSR count). The summed E-state index contributed by atoms with van der Waals surface area (Å²) in [6.07, 6.45) is 8.07. The highest BCUT2D eigenvalue weighted by Crippen LogP contribution is 2.35. The maximum atomic E-state index is 13.1. The van der Waals surface area contributed by atoms with Gasteiger partial charge in [0.05, 0.1) is 78.9 Å². The molecule has 5 amide bonds. The van der Waals surface area contributed by atoms with E-state index in [4.69, 9.17) is 42.0 Å². The number of fused-ring (bicyclic) bond motifs is 2. The second-order valence-electron chi connectivity index (χ2n) is 16.4. The number of rotatable bonds is 43. The first-order chi connectivity index (χ1) is 34.1. The number of nitrogens with zero attached hydrogens (tertiary/aromatic N) is 1. The normalized spacial score (nSPS) is 11.8. The second-order valence-corrected chi connectivity index (χ2v) is 16.4. The monoisotopic (exact) mass is 991 g/mol. The summed E-state index contributed by atoms with van der Waals surface area (Å²) >= 11 is 0. The summed E-state index contributed by atoms with van der Waals surface area (Å²) in [6, 6.07) is 5.85. The van der Waals surface area contributed by atoms with Crippen molar-refractivity contribution in [3.63, 3.8) is 0 Å². The highest BCUT2D eigenvalue weighted by atomic mass is 16.6. The van der Waals surface area contributed by atoms with E-state index in [9.17, 15) is 28.8 Å². The van der Waals surface area contributed by atoms with Gasteiger partial charge in [0.1, 0.15) is 19.3 Å². The Hall–Kier alpha value is -5.16. The van der Waals surface area contributed by atoms with E-state index in [1.54, 1.807) is 12.1 Å². The first kappa shape index (κ1) is 59.2. The van der Waals surface area contributed by atoms with Gasteiger partial charge < -0.3 is 73.5 Å². The predicted octanol–water partition coefficient (Wildman–Crippen LogP) is 2.84. The minimum absolute atomic E-state index is 0.0123. The number of unbranched alkanes of at least 4 members (excludes halogenated alkanes) is 3. The lowest BCUT2D eigenvalue weighted by molar-refractivity contribution is -0.132. The topological polar surface area (TPSA) is 257 Å². The number of benzene rings is 1. The van der Waals surface area contributed by atoms with Crippen LogP contribution in [0.4, 0.5) is 0 Å². The minimum atomic E-state index is -0.806. The molecular weight excluding hydrogens is 913 g/mol. The molecule has 3 aromatic rings. The van der Waals surface area contributed by atoms with Gasteiger partial charge in [-0.3, -0.25) is 24.0 Å². The number of nitrogens with one attached hydrogen (secondary N) is 5. The summed E-state index contributed by atoms with van der Waals surface area (Å²) in [7, 11) is 2.03. The highest BCUT2D eigenvalue weighted by molar-refractivity contribution is 6.00. The summed E-state index contributed by atoms with van der Waals surface area (Å²) in [5.74, 6) is -0.789. The van der Waals surface area contributed by atoms with Crippen LogP contribution in [0.1, 0.15) is 78.1 Å². The Balaban J connectivity index is 1.18. The fourth-order valence-electron chi connectivity index (χ4n) is 6.69. The van der Waals surface area contributed by atoms with E-state index < -0.39 is 17.6 Å². The molecule has 5 N–H and O–H groups in total. The van der Waals surface area contributed by atoms with Crippen LogP contribution in [0.3, 0.4) is 0 Å². The zero-order valence-corrected chi connectivity index (χ0v) is 41.5. The van der Waals surface area contributed by atoms with E-state index in [2.05, 4.69) is 45.3 Å². The van der Waals surface area contributed by atoms with Gasteiger partial charge in [0, 0.05) is 55.9 Å². The Morgan fingerprint density at radius 2 is 1.17 bits per heavy atom. The Morgan fingerprint density at radius 1 is 0.586 bits per heavy atom. The zero-order valence-electron chi connectivity index (χ0n) is 41.5. The average Bonchev–Trinajstić information content (AvgIpc) is 3.82. The maximum Gasteiger partial charge on any atom is 0.336 e. The summed E-state index contributed by atoms with van der Waals surface area (Å²) in [5.41, 5.74) is 0.276. The van der Waals surface area contributed by atoms with Crippen LogP contribution in [0.15, 0.2) is 44.2 Å². The van der Waals surface area contributed by atoms with Gasteiger partial charge in [-0.25, -0.2) is 4.79 Å². The van der Waals surface area contributed by atoms with E-state index in [0.29, 0.717) is 107 Å². The Kier molecular flexibility index (Phi) is 31.8.